The van der Waals surface area contributed by atoms with E-state index in [1.807, 2.05) is 67.9 Å². The minimum absolute atomic E-state index is 0.160. The van der Waals surface area contributed by atoms with Gasteiger partial charge in [-0.25, -0.2) is 4.68 Å². The summed E-state index contributed by atoms with van der Waals surface area (Å²) in [6.07, 6.45) is 6.89. The number of aryl methyl sites for hydroxylation is 1. The number of anilines is 1. The quantitative estimate of drug-likeness (QED) is 0.688. The summed E-state index contributed by atoms with van der Waals surface area (Å²) in [6, 6.07) is 9.85. The second kappa shape index (κ2) is 6.70. The molecule has 1 amide bonds. The molecule has 0 radical (unpaired) electrons. The molecule has 0 saturated carbocycles. The van der Waals surface area contributed by atoms with E-state index in [0.29, 0.717) is 0 Å². The number of nitrogens with one attached hydrogen (secondary N) is 1. The van der Waals surface area contributed by atoms with Crippen LogP contribution in [0.15, 0.2) is 54.6 Å². The van der Waals surface area contributed by atoms with Gasteiger partial charge in [0.1, 0.15) is 0 Å². The van der Waals surface area contributed by atoms with Crippen LogP contribution in [0.1, 0.15) is 18.3 Å². The molecule has 4 nitrogen and oxygen atoms in total. The number of aromatic nitrogens is 2. The van der Waals surface area contributed by atoms with Crippen LogP contribution in [0.2, 0.25) is 0 Å². The Balaban J connectivity index is 2.26. The van der Waals surface area contributed by atoms with Crippen LogP contribution in [0.4, 0.5) is 5.69 Å². The fourth-order valence-electron chi connectivity index (χ4n) is 2.06. The predicted octanol–water partition coefficient (Wildman–Crippen LogP) is 3.56. The third-order valence-electron chi connectivity index (χ3n) is 3.09. The molecule has 2 aromatic rings. The van der Waals surface area contributed by atoms with Gasteiger partial charge in [0.15, 0.2) is 0 Å². The van der Waals surface area contributed by atoms with Gasteiger partial charge in [0.2, 0.25) is 5.91 Å². The molecule has 1 heterocycles. The molecule has 21 heavy (non-hydrogen) atoms. The summed E-state index contributed by atoms with van der Waals surface area (Å²) in [6.45, 7) is 5.73. The van der Waals surface area contributed by atoms with Crippen molar-refractivity contribution in [3.05, 3.63) is 66.0 Å². The van der Waals surface area contributed by atoms with Gasteiger partial charge in [0, 0.05) is 6.08 Å². The first kappa shape index (κ1) is 14.8. The maximum absolute atomic E-state index is 11.9. The molecular formula is C17H19N3O. The van der Waals surface area contributed by atoms with Gasteiger partial charge in [0.05, 0.1) is 22.8 Å². The number of allylic oxidation sites excluding steroid dienone is 3. The normalized spacial score (nSPS) is 11.4. The van der Waals surface area contributed by atoms with Crippen molar-refractivity contribution < 1.29 is 4.79 Å². The second-order valence-electron chi connectivity index (χ2n) is 4.67. The Hall–Kier alpha value is -2.62. The monoisotopic (exact) mass is 281 g/mol. The average molecular weight is 281 g/mol. The van der Waals surface area contributed by atoms with Crippen molar-refractivity contribution in [3.8, 4) is 5.69 Å². The van der Waals surface area contributed by atoms with Crippen molar-refractivity contribution in [2.75, 3.05) is 5.32 Å². The van der Waals surface area contributed by atoms with Crippen LogP contribution in [-0.2, 0) is 4.79 Å². The van der Waals surface area contributed by atoms with E-state index in [2.05, 4.69) is 10.4 Å². The van der Waals surface area contributed by atoms with Gasteiger partial charge < -0.3 is 5.32 Å². The molecule has 1 N–H and O–H groups in total. The molecule has 4 heteroatoms. The first-order valence-corrected chi connectivity index (χ1v) is 6.85. The highest BCUT2D eigenvalue weighted by molar-refractivity contribution is 6.00. The van der Waals surface area contributed by atoms with Crippen LogP contribution in [0.25, 0.3) is 5.69 Å². The lowest BCUT2D eigenvalue weighted by atomic mass is 10.3. The molecule has 108 valence electrons. The Morgan fingerprint density at radius 3 is 2.57 bits per heavy atom. The van der Waals surface area contributed by atoms with Gasteiger partial charge in [0.25, 0.3) is 0 Å². The summed E-state index contributed by atoms with van der Waals surface area (Å²) < 4.78 is 1.83. The van der Waals surface area contributed by atoms with Crippen LogP contribution in [-0.4, -0.2) is 15.7 Å². The van der Waals surface area contributed by atoms with Crippen molar-refractivity contribution in [2.45, 2.75) is 20.8 Å². The molecule has 0 fully saturated rings. The number of carbonyl (C=O) groups is 1. The van der Waals surface area contributed by atoms with E-state index in [9.17, 15) is 4.79 Å². The third-order valence-corrected chi connectivity index (χ3v) is 3.09. The fourth-order valence-corrected chi connectivity index (χ4v) is 2.06. The predicted molar refractivity (Wildman–Crippen MR) is 85.6 cm³/mol. The van der Waals surface area contributed by atoms with Gasteiger partial charge in [-0.1, -0.05) is 36.4 Å². The second-order valence-corrected chi connectivity index (χ2v) is 4.67. The summed E-state index contributed by atoms with van der Waals surface area (Å²) in [4.78, 5) is 11.9. The van der Waals surface area contributed by atoms with Crippen LogP contribution in [0.5, 0.6) is 0 Å². The Bertz CT molecular complexity index is 682. The standard InChI is InChI=1S/C17H19N3O/c1-4-5-7-12-16(21)18-17-13(2)19-20(14(17)3)15-10-8-6-9-11-15/h4-12H,1-3H3,(H,18,21). The smallest absolute Gasteiger partial charge is 0.248 e. The number of nitrogens with zero attached hydrogens (tertiary/aromatic N) is 2. The molecule has 2 rings (SSSR count). The Morgan fingerprint density at radius 2 is 1.90 bits per heavy atom. The first-order chi connectivity index (χ1) is 10.1. The molecule has 1 aromatic carbocycles. The molecule has 0 spiro atoms. The zero-order valence-corrected chi connectivity index (χ0v) is 12.5. The number of hydrogen-bond donors (Lipinski definition) is 1. The van der Waals surface area contributed by atoms with Crippen molar-refractivity contribution in [2.24, 2.45) is 0 Å². The average Bonchev–Trinajstić information content (AvgIpc) is 2.76. The lowest BCUT2D eigenvalue weighted by Crippen LogP contribution is -2.09. The number of benzene rings is 1. The minimum Gasteiger partial charge on any atom is -0.319 e. The first-order valence-electron chi connectivity index (χ1n) is 6.85. The lowest BCUT2D eigenvalue weighted by Gasteiger charge is -2.05. The summed E-state index contributed by atoms with van der Waals surface area (Å²) in [5, 5.41) is 7.38. The molecule has 0 aliphatic carbocycles. The topological polar surface area (TPSA) is 46.9 Å². The van der Waals surface area contributed by atoms with E-state index in [1.165, 1.54) is 6.08 Å². The van der Waals surface area contributed by atoms with E-state index in [4.69, 9.17) is 0 Å². The van der Waals surface area contributed by atoms with E-state index >= 15 is 0 Å². The van der Waals surface area contributed by atoms with Crippen LogP contribution in [0, 0.1) is 13.8 Å². The fraction of sp³-hybridized carbons (Fsp3) is 0.176. The van der Waals surface area contributed by atoms with E-state index in [-0.39, 0.29) is 5.91 Å². The van der Waals surface area contributed by atoms with Gasteiger partial charge in [-0.05, 0) is 32.9 Å². The molecule has 0 unspecified atom stereocenters. The zero-order chi connectivity index (χ0) is 15.2. The van der Waals surface area contributed by atoms with Crippen molar-refractivity contribution in [1.82, 2.24) is 9.78 Å². The lowest BCUT2D eigenvalue weighted by molar-refractivity contribution is -0.111. The van der Waals surface area contributed by atoms with E-state index < -0.39 is 0 Å². The van der Waals surface area contributed by atoms with Gasteiger partial charge in [-0.3, -0.25) is 4.79 Å². The zero-order valence-electron chi connectivity index (χ0n) is 12.5. The van der Waals surface area contributed by atoms with Gasteiger partial charge in [-0.15, -0.1) is 0 Å². The molecule has 0 atom stereocenters. The Labute approximate surface area is 124 Å². The Morgan fingerprint density at radius 1 is 1.19 bits per heavy atom. The summed E-state index contributed by atoms with van der Waals surface area (Å²) >= 11 is 0. The number of hydrogen-bond acceptors (Lipinski definition) is 2. The molecule has 1 aromatic heterocycles. The van der Waals surface area contributed by atoms with Crippen molar-refractivity contribution in [1.29, 1.82) is 0 Å². The van der Waals surface area contributed by atoms with Crippen LogP contribution < -0.4 is 5.32 Å². The molecule has 0 saturated heterocycles. The highest BCUT2D eigenvalue weighted by Gasteiger charge is 2.13. The third kappa shape index (κ3) is 3.48. The van der Waals surface area contributed by atoms with Crippen LogP contribution in [0.3, 0.4) is 0 Å². The van der Waals surface area contributed by atoms with Gasteiger partial charge >= 0.3 is 0 Å². The van der Waals surface area contributed by atoms with E-state index in [1.54, 1.807) is 6.08 Å². The molecule has 0 aliphatic heterocycles. The maximum atomic E-state index is 11.9. The highest BCUT2D eigenvalue weighted by Crippen LogP contribution is 2.22. The largest absolute Gasteiger partial charge is 0.319 e. The molecular weight excluding hydrogens is 262 g/mol. The number of rotatable bonds is 4. The minimum atomic E-state index is -0.160. The molecule has 0 bridgehead atoms. The number of para-hydroxylation sites is 1. The maximum Gasteiger partial charge on any atom is 0.248 e. The highest BCUT2D eigenvalue weighted by atomic mass is 16.1. The summed E-state index contributed by atoms with van der Waals surface area (Å²) in [7, 11) is 0. The molecule has 0 aliphatic rings. The number of amides is 1. The van der Waals surface area contributed by atoms with Crippen LogP contribution >= 0.6 is 0 Å². The SMILES string of the molecule is CC=CC=CC(=O)Nc1c(C)nn(-c2ccccc2)c1C. The van der Waals surface area contributed by atoms with Crippen molar-refractivity contribution in [3.63, 3.8) is 0 Å². The van der Waals surface area contributed by atoms with E-state index in [0.717, 1.165) is 22.8 Å². The van der Waals surface area contributed by atoms with Gasteiger partial charge in [-0.2, -0.15) is 5.10 Å². The Kier molecular flexibility index (Phi) is 4.72. The summed E-state index contributed by atoms with van der Waals surface area (Å²) in [5.74, 6) is -0.160. The van der Waals surface area contributed by atoms with Crippen molar-refractivity contribution >= 4 is 11.6 Å². The summed E-state index contributed by atoms with van der Waals surface area (Å²) in [5.41, 5.74) is 3.44. The number of carbonyl (C=O) groups excluding carboxylic acids is 1.